The second kappa shape index (κ2) is 8.75. The molecule has 0 spiro atoms. The highest BCUT2D eigenvalue weighted by Crippen LogP contribution is 2.42. The first-order valence-electron chi connectivity index (χ1n) is 11.3. The Morgan fingerprint density at radius 2 is 1.91 bits per heavy atom. The summed E-state index contributed by atoms with van der Waals surface area (Å²) < 4.78 is 42.1. The van der Waals surface area contributed by atoms with Gasteiger partial charge in [-0.2, -0.15) is 5.10 Å². The van der Waals surface area contributed by atoms with Gasteiger partial charge in [-0.15, -0.1) is 0 Å². The van der Waals surface area contributed by atoms with Gasteiger partial charge in [-0.3, -0.25) is 10.00 Å². The number of halogens is 3. The van der Waals surface area contributed by atoms with Gasteiger partial charge in [0, 0.05) is 37.8 Å². The lowest BCUT2D eigenvalue weighted by Gasteiger charge is -2.40. The van der Waals surface area contributed by atoms with Gasteiger partial charge in [0.2, 0.25) is 0 Å². The molecule has 5 rings (SSSR count). The number of nitrogens with one attached hydrogen (secondary N) is 2. The van der Waals surface area contributed by atoms with Crippen LogP contribution in [0, 0.1) is 25.5 Å². The standard InChI is InChI=1S/C24H26F3N7/c1-13-12-34(10-9-33(13)8-7-25)19-11-16-21(14(2)28-19)29-24(20-17(26)5-4-6-18(20)27)30-22-15(3)31-32-23(16)22/h4-6,11,13H,7-10,12H2,1-3H3,(H,29,30)(H,31,32)/t13-/m0/s1. The zero-order chi connectivity index (χ0) is 24.0. The molecule has 2 N–H and O–H groups in total. The van der Waals surface area contributed by atoms with E-state index in [1.54, 1.807) is 0 Å². The number of fused-ring (bicyclic) bond motifs is 3. The lowest BCUT2D eigenvalue weighted by atomic mass is 10.1. The number of alkyl halides is 1. The molecule has 2 aromatic heterocycles. The molecule has 10 heteroatoms. The zero-order valence-corrected chi connectivity index (χ0v) is 19.3. The molecule has 178 valence electrons. The minimum absolute atomic E-state index is 0.0613. The van der Waals surface area contributed by atoms with Crippen molar-refractivity contribution in [3.05, 3.63) is 52.9 Å². The van der Waals surface area contributed by atoms with Gasteiger partial charge < -0.3 is 10.2 Å². The molecule has 3 aromatic rings. The number of hydrogen-bond acceptors (Lipinski definition) is 6. The minimum atomic E-state index is -0.709. The summed E-state index contributed by atoms with van der Waals surface area (Å²) in [5.74, 6) is -0.587. The summed E-state index contributed by atoms with van der Waals surface area (Å²) in [5, 5.41) is 10.5. The highest BCUT2D eigenvalue weighted by molar-refractivity contribution is 6.14. The van der Waals surface area contributed by atoms with Crippen LogP contribution in [0.3, 0.4) is 0 Å². The van der Waals surface area contributed by atoms with Crippen molar-refractivity contribution in [2.45, 2.75) is 26.8 Å². The van der Waals surface area contributed by atoms with Crippen LogP contribution < -0.4 is 10.2 Å². The van der Waals surface area contributed by atoms with E-state index in [4.69, 9.17) is 4.98 Å². The average Bonchev–Trinajstić information content (AvgIpc) is 3.06. The summed E-state index contributed by atoms with van der Waals surface area (Å²) in [6.07, 6.45) is 0. The fourth-order valence-corrected chi connectivity index (χ4v) is 4.65. The number of aliphatic imine (C=N–C) groups is 1. The molecule has 0 amide bonds. The van der Waals surface area contributed by atoms with Gasteiger partial charge in [0.25, 0.3) is 0 Å². The van der Waals surface area contributed by atoms with Gasteiger partial charge in [0.1, 0.15) is 35.7 Å². The van der Waals surface area contributed by atoms with Crippen molar-refractivity contribution in [3.8, 4) is 11.3 Å². The first kappa shape index (κ1) is 22.4. The Bertz CT molecular complexity index is 1250. The molecule has 0 unspecified atom stereocenters. The molecule has 0 saturated carbocycles. The van der Waals surface area contributed by atoms with E-state index in [1.165, 1.54) is 18.2 Å². The van der Waals surface area contributed by atoms with E-state index >= 15 is 0 Å². The maximum atomic E-state index is 14.6. The number of anilines is 2. The fraction of sp³-hybridized carbons (Fsp3) is 0.375. The van der Waals surface area contributed by atoms with Crippen LogP contribution in [0.15, 0.2) is 29.3 Å². The summed E-state index contributed by atoms with van der Waals surface area (Å²) in [5.41, 5.74) is 3.55. The third-order valence-electron chi connectivity index (χ3n) is 6.48. The van der Waals surface area contributed by atoms with Gasteiger partial charge in [-0.25, -0.2) is 23.1 Å². The molecule has 0 aliphatic carbocycles. The number of benzene rings is 1. The van der Waals surface area contributed by atoms with E-state index < -0.39 is 11.6 Å². The van der Waals surface area contributed by atoms with Gasteiger partial charge in [-0.1, -0.05) is 6.07 Å². The van der Waals surface area contributed by atoms with E-state index in [9.17, 15) is 13.2 Å². The van der Waals surface area contributed by atoms with Gasteiger partial charge in [0.15, 0.2) is 0 Å². The van der Waals surface area contributed by atoms with Crippen molar-refractivity contribution in [1.82, 2.24) is 20.1 Å². The number of rotatable bonds is 4. The molecule has 2 aliphatic heterocycles. The zero-order valence-electron chi connectivity index (χ0n) is 19.3. The topological polar surface area (TPSA) is 72.4 Å². The Labute approximate surface area is 195 Å². The van der Waals surface area contributed by atoms with Crippen LogP contribution in [0.5, 0.6) is 0 Å². The average molecular weight is 470 g/mol. The maximum Gasteiger partial charge on any atom is 0.144 e. The van der Waals surface area contributed by atoms with E-state index in [2.05, 4.69) is 37.2 Å². The third-order valence-corrected chi connectivity index (χ3v) is 6.48. The first-order valence-corrected chi connectivity index (χ1v) is 11.3. The summed E-state index contributed by atoms with van der Waals surface area (Å²) in [7, 11) is 0. The minimum Gasteiger partial charge on any atom is -0.354 e. The SMILES string of the molecule is Cc1nc(N2CCN(CCF)[C@@H](C)C2)cc2c1N=C(c1c(F)cccc1F)Nc1c-2n[nH]c1C. The van der Waals surface area contributed by atoms with E-state index in [1.807, 2.05) is 19.9 Å². The maximum absolute atomic E-state index is 14.6. The van der Waals surface area contributed by atoms with E-state index in [0.717, 1.165) is 30.2 Å². The number of H-pyrrole nitrogens is 1. The van der Waals surface area contributed by atoms with Crippen LogP contribution in [0.1, 0.15) is 23.9 Å². The largest absolute Gasteiger partial charge is 0.354 e. The number of pyridine rings is 1. The number of aromatic nitrogens is 3. The van der Waals surface area contributed by atoms with Gasteiger partial charge >= 0.3 is 0 Å². The van der Waals surface area contributed by atoms with Crippen molar-refractivity contribution < 1.29 is 13.2 Å². The molecule has 7 nitrogen and oxygen atoms in total. The second-order valence-electron chi connectivity index (χ2n) is 8.74. The highest BCUT2D eigenvalue weighted by Gasteiger charge is 2.29. The molecular weight excluding hydrogens is 443 g/mol. The second-order valence-corrected chi connectivity index (χ2v) is 8.74. The van der Waals surface area contributed by atoms with Crippen molar-refractivity contribution in [2.24, 2.45) is 4.99 Å². The summed E-state index contributed by atoms with van der Waals surface area (Å²) in [6, 6.07) is 5.83. The summed E-state index contributed by atoms with van der Waals surface area (Å²) >= 11 is 0. The Kier molecular flexibility index (Phi) is 5.76. The molecule has 1 fully saturated rings. The van der Waals surface area contributed by atoms with Crippen LogP contribution in [-0.4, -0.2) is 64.8 Å². The molecule has 34 heavy (non-hydrogen) atoms. The quantitative estimate of drug-likeness (QED) is 0.595. The monoisotopic (exact) mass is 469 g/mol. The molecule has 4 heterocycles. The lowest BCUT2D eigenvalue weighted by Crippen LogP contribution is -2.52. The summed E-state index contributed by atoms with van der Waals surface area (Å²) in [4.78, 5) is 13.7. The molecule has 2 aliphatic rings. The van der Waals surface area contributed by atoms with Crippen LogP contribution in [0.4, 0.5) is 30.4 Å². The molecule has 1 saturated heterocycles. The van der Waals surface area contributed by atoms with Crippen molar-refractivity contribution in [2.75, 3.05) is 43.1 Å². The fourth-order valence-electron chi connectivity index (χ4n) is 4.65. The smallest absolute Gasteiger partial charge is 0.144 e. The molecule has 0 radical (unpaired) electrons. The number of amidine groups is 1. The Balaban J connectivity index is 1.62. The van der Waals surface area contributed by atoms with Crippen molar-refractivity contribution >= 4 is 23.0 Å². The van der Waals surface area contributed by atoms with E-state index in [-0.39, 0.29) is 24.1 Å². The predicted molar refractivity (Wildman–Crippen MR) is 127 cm³/mol. The summed E-state index contributed by atoms with van der Waals surface area (Å²) in [6.45, 7) is 7.98. The Hall–Kier alpha value is -3.40. The Morgan fingerprint density at radius 3 is 2.62 bits per heavy atom. The van der Waals surface area contributed by atoms with Gasteiger partial charge in [0.05, 0.1) is 28.3 Å². The number of piperazine rings is 1. The lowest BCUT2D eigenvalue weighted by molar-refractivity contribution is 0.175. The predicted octanol–water partition coefficient (Wildman–Crippen LogP) is 4.35. The number of aromatic amines is 1. The Morgan fingerprint density at radius 1 is 1.15 bits per heavy atom. The highest BCUT2D eigenvalue weighted by atomic mass is 19.1. The van der Waals surface area contributed by atoms with Crippen molar-refractivity contribution in [3.63, 3.8) is 0 Å². The third kappa shape index (κ3) is 3.81. The number of aryl methyl sites for hydroxylation is 2. The first-order chi connectivity index (χ1) is 16.4. The molecule has 1 aromatic carbocycles. The van der Waals surface area contributed by atoms with Crippen LogP contribution >= 0.6 is 0 Å². The van der Waals surface area contributed by atoms with E-state index in [0.29, 0.717) is 35.9 Å². The van der Waals surface area contributed by atoms with Gasteiger partial charge in [-0.05, 0) is 39.0 Å². The molecular formula is C24H26F3N7. The van der Waals surface area contributed by atoms with Crippen LogP contribution in [0.25, 0.3) is 11.3 Å². The van der Waals surface area contributed by atoms with Crippen molar-refractivity contribution in [1.29, 1.82) is 0 Å². The molecule has 1 atom stereocenters. The van der Waals surface area contributed by atoms with Crippen LogP contribution in [-0.2, 0) is 0 Å². The van der Waals surface area contributed by atoms with Crippen LogP contribution in [0.2, 0.25) is 0 Å². The number of hydrogen-bond donors (Lipinski definition) is 2. The normalized spacial score (nSPS) is 18.1. The molecule has 0 bridgehead atoms. The number of nitrogens with zero attached hydrogens (tertiary/aromatic N) is 5.